The first-order valence-corrected chi connectivity index (χ1v) is 6.94. The maximum absolute atomic E-state index is 12.1. The molecule has 0 saturated carbocycles. The van der Waals surface area contributed by atoms with Gasteiger partial charge in [0.25, 0.3) is 0 Å². The Balaban J connectivity index is 2.10. The highest BCUT2D eigenvalue weighted by Gasteiger charge is 2.17. The molecule has 0 N–H and O–H groups in total. The molecule has 98 valence electrons. The highest BCUT2D eigenvalue weighted by molar-refractivity contribution is 14.1. The van der Waals surface area contributed by atoms with Gasteiger partial charge in [-0.3, -0.25) is 0 Å². The van der Waals surface area contributed by atoms with Gasteiger partial charge in [-0.1, -0.05) is 30.3 Å². The number of carbonyl (C=O) groups is 1. The molecule has 1 aromatic carbocycles. The lowest BCUT2D eigenvalue weighted by molar-refractivity contribution is -0.449. The molecule has 0 amide bonds. The van der Waals surface area contributed by atoms with Gasteiger partial charge < -0.3 is 4.74 Å². The highest BCUT2D eigenvalue weighted by atomic mass is 127. The quantitative estimate of drug-likeness (QED) is 0.616. The molecular formula is C15H15INO2+. The summed E-state index contributed by atoms with van der Waals surface area (Å²) in [5, 5.41) is 0. The molecule has 1 aromatic heterocycles. The van der Waals surface area contributed by atoms with Gasteiger partial charge in [-0.05, 0) is 18.1 Å². The second kappa shape index (κ2) is 6.14. The molecular weight excluding hydrogens is 353 g/mol. The molecule has 3 nitrogen and oxygen atoms in total. The van der Waals surface area contributed by atoms with Crippen LogP contribution < -0.4 is 2.78 Å². The van der Waals surface area contributed by atoms with Crippen molar-refractivity contribution in [2.75, 3.05) is 0 Å². The smallest absolute Gasteiger partial charge is 0.354 e. The van der Waals surface area contributed by atoms with E-state index < -0.39 is 0 Å². The second-order valence-corrected chi connectivity index (χ2v) is 5.42. The molecule has 4 heteroatoms. The largest absolute Gasteiger partial charge is 0.457 e. The lowest BCUT2D eigenvalue weighted by Crippen LogP contribution is -2.26. The molecule has 0 spiro atoms. The zero-order valence-electron chi connectivity index (χ0n) is 10.9. The molecule has 2 rings (SSSR count). The predicted molar refractivity (Wildman–Crippen MR) is 81.1 cm³/mol. The predicted octanol–water partition coefficient (Wildman–Crippen LogP) is 3.15. The number of pyridine rings is 1. The van der Waals surface area contributed by atoms with Crippen LogP contribution in [0, 0.1) is 13.8 Å². The van der Waals surface area contributed by atoms with Crippen molar-refractivity contribution in [1.82, 2.24) is 0 Å². The number of hydrogen-bond acceptors (Lipinski definition) is 2. The van der Waals surface area contributed by atoms with Gasteiger partial charge in [0.05, 0.1) is 0 Å². The number of nitrogens with zero attached hydrogens (tertiary/aromatic N) is 1. The van der Waals surface area contributed by atoms with E-state index in [9.17, 15) is 4.79 Å². The van der Waals surface area contributed by atoms with Gasteiger partial charge in [-0.2, -0.15) is 0 Å². The lowest BCUT2D eigenvalue weighted by Gasteiger charge is -2.06. The minimum absolute atomic E-state index is 0.285. The SMILES string of the molecule is Cc1cc(C)[n+](I)cc1C(=O)OCc1ccccc1. The van der Waals surface area contributed by atoms with E-state index >= 15 is 0 Å². The molecule has 0 fully saturated rings. The third kappa shape index (κ3) is 3.53. The van der Waals surface area contributed by atoms with Crippen molar-refractivity contribution in [3.8, 4) is 0 Å². The van der Waals surface area contributed by atoms with Crippen LogP contribution in [0.2, 0.25) is 0 Å². The summed E-state index contributed by atoms with van der Waals surface area (Å²) in [4.78, 5) is 12.1. The van der Waals surface area contributed by atoms with Crippen LogP contribution in [0.3, 0.4) is 0 Å². The number of rotatable bonds is 3. The van der Waals surface area contributed by atoms with E-state index in [2.05, 4.69) is 22.9 Å². The number of hydrogen-bond donors (Lipinski definition) is 0. The van der Waals surface area contributed by atoms with Crippen LogP contribution in [0.5, 0.6) is 0 Å². The topological polar surface area (TPSA) is 30.2 Å². The van der Waals surface area contributed by atoms with Crippen molar-refractivity contribution in [2.45, 2.75) is 20.5 Å². The number of halogens is 1. The monoisotopic (exact) mass is 368 g/mol. The number of esters is 1. The first kappa shape index (κ1) is 14.0. The molecule has 0 aliphatic carbocycles. The van der Waals surface area contributed by atoms with E-state index in [1.807, 2.05) is 53.0 Å². The molecule has 1 heterocycles. The molecule has 2 aromatic rings. The highest BCUT2D eigenvalue weighted by Crippen LogP contribution is 2.11. The molecule has 0 atom stereocenters. The zero-order chi connectivity index (χ0) is 13.8. The Morgan fingerprint density at radius 1 is 1.26 bits per heavy atom. The van der Waals surface area contributed by atoms with E-state index in [1.54, 1.807) is 6.20 Å². The van der Waals surface area contributed by atoms with E-state index in [4.69, 9.17) is 4.74 Å². The van der Waals surface area contributed by atoms with E-state index in [0.717, 1.165) is 16.8 Å². The van der Waals surface area contributed by atoms with Crippen LogP contribution in [0.4, 0.5) is 0 Å². The zero-order valence-corrected chi connectivity index (χ0v) is 13.0. The van der Waals surface area contributed by atoms with Crippen LogP contribution in [0.1, 0.15) is 27.2 Å². The molecule has 0 aliphatic rings. The average molecular weight is 368 g/mol. The van der Waals surface area contributed by atoms with Crippen molar-refractivity contribution >= 4 is 28.8 Å². The maximum atomic E-state index is 12.1. The first-order valence-electron chi connectivity index (χ1n) is 5.98. The summed E-state index contributed by atoms with van der Waals surface area (Å²) in [6.07, 6.45) is 1.80. The minimum atomic E-state index is -0.285. The fourth-order valence-electron chi connectivity index (χ4n) is 1.78. The lowest BCUT2D eigenvalue weighted by atomic mass is 10.1. The van der Waals surface area contributed by atoms with Gasteiger partial charge in [0, 0.05) is 13.0 Å². The Kier molecular flexibility index (Phi) is 4.52. The Bertz CT molecular complexity index is 597. The van der Waals surface area contributed by atoms with Gasteiger partial charge in [0.15, 0.2) is 11.9 Å². The Labute approximate surface area is 126 Å². The first-order chi connectivity index (χ1) is 9.08. The van der Waals surface area contributed by atoms with E-state index in [-0.39, 0.29) is 5.97 Å². The Morgan fingerprint density at radius 2 is 1.95 bits per heavy atom. The molecule has 0 saturated heterocycles. The normalized spacial score (nSPS) is 10.3. The van der Waals surface area contributed by atoms with E-state index in [0.29, 0.717) is 12.2 Å². The van der Waals surface area contributed by atoms with Crippen molar-refractivity contribution < 1.29 is 12.3 Å². The third-order valence-corrected chi connectivity index (χ3v) is 3.90. The van der Waals surface area contributed by atoms with Crippen LogP contribution >= 0.6 is 22.9 Å². The summed E-state index contributed by atoms with van der Waals surface area (Å²) in [5.74, 6) is -0.285. The standard InChI is InChI=1S/C15H15INO2/c1-11-8-12(2)17(16)9-14(11)15(18)19-10-13-6-4-3-5-7-13/h3-9H,10H2,1-2H3/q+1. The fourth-order valence-corrected chi connectivity index (χ4v) is 2.20. The number of benzene rings is 1. The van der Waals surface area contributed by atoms with Crippen molar-refractivity contribution in [3.05, 3.63) is 65.0 Å². The number of ether oxygens (including phenoxy) is 1. The Hall–Kier alpha value is -1.43. The van der Waals surface area contributed by atoms with Gasteiger partial charge in [0.2, 0.25) is 0 Å². The minimum Gasteiger partial charge on any atom is -0.457 e. The van der Waals surface area contributed by atoms with Gasteiger partial charge in [0.1, 0.15) is 12.2 Å². The van der Waals surface area contributed by atoms with Crippen LogP contribution in [0.25, 0.3) is 0 Å². The summed E-state index contributed by atoms with van der Waals surface area (Å²) in [5.41, 5.74) is 3.63. The van der Waals surface area contributed by atoms with Crippen molar-refractivity contribution in [3.63, 3.8) is 0 Å². The summed E-state index contributed by atoms with van der Waals surface area (Å²) in [6, 6.07) is 11.7. The summed E-state index contributed by atoms with van der Waals surface area (Å²) >= 11 is 2.15. The maximum Gasteiger partial charge on any atom is 0.354 e. The number of aromatic nitrogens is 1. The summed E-state index contributed by atoms with van der Waals surface area (Å²) < 4.78 is 7.23. The summed E-state index contributed by atoms with van der Waals surface area (Å²) in [6.45, 7) is 4.22. The molecule has 0 aliphatic heterocycles. The Morgan fingerprint density at radius 3 is 2.63 bits per heavy atom. The molecule has 0 bridgehead atoms. The molecule has 19 heavy (non-hydrogen) atoms. The van der Waals surface area contributed by atoms with Crippen molar-refractivity contribution in [2.24, 2.45) is 0 Å². The van der Waals surface area contributed by atoms with Crippen LogP contribution in [0.15, 0.2) is 42.6 Å². The third-order valence-electron chi connectivity index (χ3n) is 2.86. The molecule has 0 unspecified atom stereocenters. The molecule has 0 radical (unpaired) electrons. The fraction of sp³-hybridized carbons (Fsp3) is 0.200. The van der Waals surface area contributed by atoms with Crippen LogP contribution in [-0.4, -0.2) is 5.97 Å². The van der Waals surface area contributed by atoms with Crippen LogP contribution in [-0.2, 0) is 11.3 Å². The van der Waals surface area contributed by atoms with Crippen molar-refractivity contribution in [1.29, 1.82) is 0 Å². The summed E-state index contributed by atoms with van der Waals surface area (Å²) in [7, 11) is 0. The van der Waals surface area contributed by atoms with E-state index in [1.165, 1.54) is 0 Å². The number of aryl methyl sites for hydroxylation is 2. The second-order valence-electron chi connectivity index (χ2n) is 4.38. The number of carbonyl (C=O) groups excluding carboxylic acids is 1. The van der Waals surface area contributed by atoms with Gasteiger partial charge >= 0.3 is 28.8 Å². The average Bonchev–Trinajstić information content (AvgIpc) is 2.41. The van der Waals surface area contributed by atoms with Gasteiger partial charge in [-0.25, -0.2) is 4.79 Å². The van der Waals surface area contributed by atoms with Gasteiger partial charge in [-0.15, -0.1) is 2.78 Å².